The fourth-order valence-corrected chi connectivity index (χ4v) is 4.55. The number of fused-ring (bicyclic) bond motifs is 1. The number of halogens is 3. The van der Waals surface area contributed by atoms with Crippen LogP contribution >= 0.6 is 11.6 Å². The minimum atomic E-state index is -2.71. The zero-order chi connectivity index (χ0) is 28.9. The number of para-hydroxylation sites is 1. The summed E-state index contributed by atoms with van der Waals surface area (Å²) < 4.78 is 33.0. The molecule has 14 heteroatoms. The average Bonchev–Trinajstić information content (AvgIpc) is 3.60. The van der Waals surface area contributed by atoms with E-state index in [9.17, 15) is 8.78 Å². The number of aliphatic imine (C=N–C) groups is 1. The van der Waals surface area contributed by atoms with E-state index in [0.717, 1.165) is 6.42 Å². The number of anilines is 3. The van der Waals surface area contributed by atoms with Crippen molar-refractivity contribution >= 4 is 45.9 Å². The molecule has 1 aliphatic rings. The number of aromatic nitrogens is 6. The molecular weight excluding hydrogens is 554 g/mol. The number of hydrogen-bond acceptors (Lipinski definition) is 9. The molecule has 0 radical (unpaired) electrons. The van der Waals surface area contributed by atoms with Crippen LogP contribution in [-0.4, -0.2) is 61.8 Å². The lowest BCUT2D eigenvalue weighted by Gasteiger charge is -2.16. The van der Waals surface area contributed by atoms with E-state index in [0.29, 0.717) is 69.4 Å². The van der Waals surface area contributed by atoms with Gasteiger partial charge in [-0.3, -0.25) is 4.98 Å². The van der Waals surface area contributed by atoms with Crippen LogP contribution in [0, 0.1) is 6.57 Å². The Hall–Kier alpha value is -4.70. The smallest absolute Gasteiger partial charge is 0.292 e. The van der Waals surface area contributed by atoms with Gasteiger partial charge in [-0.05, 0) is 42.0 Å². The molecule has 0 bridgehead atoms. The maximum atomic E-state index is 13.6. The predicted molar refractivity (Wildman–Crippen MR) is 152 cm³/mol. The monoisotopic (exact) mass is 578 g/mol. The molecule has 210 valence electrons. The summed E-state index contributed by atoms with van der Waals surface area (Å²) in [6.07, 6.45) is -1.75. The van der Waals surface area contributed by atoms with E-state index in [-0.39, 0.29) is 24.4 Å². The Bertz CT molecular complexity index is 1650. The third-order valence-corrected chi connectivity index (χ3v) is 6.51. The van der Waals surface area contributed by atoms with Crippen molar-refractivity contribution < 1.29 is 13.5 Å². The fourth-order valence-electron chi connectivity index (χ4n) is 4.42. The van der Waals surface area contributed by atoms with Crippen LogP contribution in [0.3, 0.4) is 0 Å². The highest BCUT2D eigenvalue weighted by Crippen LogP contribution is 2.41. The number of aryl methyl sites for hydroxylation is 1. The number of alkyl halides is 3. The molecule has 0 amide bonds. The highest BCUT2D eigenvalue weighted by molar-refractivity contribution is 6.17. The number of tetrazole rings is 1. The Kier molecular flexibility index (Phi) is 8.30. The van der Waals surface area contributed by atoms with Gasteiger partial charge in [-0.1, -0.05) is 12.6 Å². The van der Waals surface area contributed by atoms with Gasteiger partial charge in [0.15, 0.2) is 5.75 Å². The van der Waals surface area contributed by atoms with Crippen LogP contribution in [0.25, 0.3) is 16.2 Å². The first-order valence-electron chi connectivity index (χ1n) is 12.6. The lowest BCUT2D eigenvalue weighted by molar-refractivity contribution is 0.224. The molecule has 0 saturated heterocycles. The maximum Gasteiger partial charge on any atom is 0.292 e. The first-order valence-corrected chi connectivity index (χ1v) is 13.2. The van der Waals surface area contributed by atoms with Crippen LogP contribution in [0.15, 0.2) is 41.4 Å². The standard InChI is InChI=1S/C27H25ClF2N10O/c1-31-27-19(32-11-5-10-28)9-8-15(34-27)12-16-13-20(23-21(33-16)14-22(36-23)25(29)30)35-18-7-4-6-17(24(18)41-3)26-37-39-40(2)38-26/h4,6-9,13,25,32H,5,10-12,14H2,2-3H3,(H,33,35). The van der Waals surface area contributed by atoms with E-state index in [2.05, 4.69) is 45.8 Å². The number of nitrogens with one attached hydrogen (secondary N) is 2. The lowest BCUT2D eigenvalue weighted by atomic mass is 10.1. The fraction of sp³-hybridized carbons (Fsp3) is 0.296. The second-order valence-corrected chi connectivity index (χ2v) is 9.46. The molecule has 1 aliphatic heterocycles. The van der Waals surface area contributed by atoms with E-state index in [4.69, 9.17) is 22.9 Å². The maximum absolute atomic E-state index is 13.6. The summed E-state index contributed by atoms with van der Waals surface area (Å²) >= 11 is 5.75. The lowest BCUT2D eigenvalue weighted by Crippen LogP contribution is -2.10. The van der Waals surface area contributed by atoms with Gasteiger partial charge in [0.2, 0.25) is 5.82 Å². The number of rotatable bonds is 11. The van der Waals surface area contributed by atoms with Gasteiger partial charge >= 0.3 is 0 Å². The molecule has 0 aliphatic carbocycles. The molecule has 0 fully saturated rings. The van der Waals surface area contributed by atoms with Gasteiger partial charge in [-0.15, -0.1) is 26.8 Å². The number of pyridine rings is 2. The number of benzene rings is 1. The molecule has 0 unspecified atom stereocenters. The van der Waals surface area contributed by atoms with Gasteiger partial charge in [-0.25, -0.2) is 13.8 Å². The molecule has 3 aromatic heterocycles. The van der Waals surface area contributed by atoms with Crippen molar-refractivity contribution in [2.45, 2.75) is 25.7 Å². The summed E-state index contributed by atoms with van der Waals surface area (Å²) in [7, 11) is 3.18. The molecule has 1 aromatic carbocycles. The van der Waals surface area contributed by atoms with E-state index in [1.807, 2.05) is 0 Å². The first-order chi connectivity index (χ1) is 19.9. The van der Waals surface area contributed by atoms with E-state index >= 15 is 0 Å². The first kappa shape index (κ1) is 27.9. The Morgan fingerprint density at radius 3 is 2.71 bits per heavy atom. The van der Waals surface area contributed by atoms with Gasteiger partial charge in [0.1, 0.15) is 11.4 Å². The van der Waals surface area contributed by atoms with Crippen LogP contribution in [-0.2, 0) is 19.9 Å². The van der Waals surface area contributed by atoms with Crippen molar-refractivity contribution in [2.75, 3.05) is 30.2 Å². The largest absolute Gasteiger partial charge is 0.494 e. The van der Waals surface area contributed by atoms with Crippen molar-refractivity contribution in [3.8, 4) is 17.1 Å². The molecule has 2 N–H and O–H groups in total. The summed E-state index contributed by atoms with van der Waals surface area (Å²) in [5, 5.41) is 18.7. The normalized spacial score (nSPS) is 12.2. The quantitative estimate of drug-likeness (QED) is 0.136. The van der Waals surface area contributed by atoms with Crippen molar-refractivity contribution in [2.24, 2.45) is 12.0 Å². The average molecular weight is 579 g/mol. The molecule has 5 rings (SSSR count). The van der Waals surface area contributed by atoms with Gasteiger partial charge in [0.25, 0.3) is 12.2 Å². The summed E-state index contributed by atoms with van der Waals surface area (Å²) in [5.41, 5.74) is 3.96. The molecule has 0 atom stereocenters. The minimum Gasteiger partial charge on any atom is -0.494 e. The van der Waals surface area contributed by atoms with E-state index in [1.54, 1.807) is 43.4 Å². The highest BCUT2D eigenvalue weighted by atomic mass is 35.5. The zero-order valence-corrected chi connectivity index (χ0v) is 23.0. The molecular formula is C27H25ClF2N10O. The minimum absolute atomic E-state index is 0.0691. The Morgan fingerprint density at radius 2 is 2.00 bits per heavy atom. The zero-order valence-electron chi connectivity index (χ0n) is 22.2. The molecule has 11 nitrogen and oxygen atoms in total. The van der Waals surface area contributed by atoms with E-state index < -0.39 is 6.43 Å². The molecule has 4 heterocycles. The third-order valence-electron chi connectivity index (χ3n) is 6.24. The molecule has 41 heavy (non-hydrogen) atoms. The summed E-state index contributed by atoms with van der Waals surface area (Å²) in [6, 6.07) is 10.7. The van der Waals surface area contributed by atoms with Crippen LogP contribution in [0.5, 0.6) is 5.75 Å². The van der Waals surface area contributed by atoms with Crippen LogP contribution in [0.2, 0.25) is 0 Å². The predicted octanol–water partition coefficient (Wildman–Crippen LogP) is 5.50. The second-order valence-electron chi connectivity index (χ2n) is 9.08. The Balaban J connectivity index is 1.50. The third kappa shape index (κ3) is 6.07. The summed E-state index contributed by atoms with van der Waals surface area (Å²) in [5.74, 6) is 1.56. The van der Waals surface area contributed by atoms with Gasteiger partial charge < -0.3 is 20.2 Å². The second kappa shape index (κ2) is 12.2. The van der Waals surface area contributed by atoms with Gasteiger partial charge in [-0.2, -0.15) is 4.80 Å². The topological polar surface area (TPSA) is 119 Å². The summed E-state index contributed by atoms with van der Waals surface area (Å²) in [4.78, 5) is 18.2. The van der Waals surface area contributed by atoms with Crippen molar-refractivity contribution in [1.82, 2.24) is 30.2 Å². The number of methoxy groups -OCH3 is 1. The number of ether oxygens (including phenoxy) is 1. The summed E-state index contributed by atoms with van der Waals surface area (Å²) in [6.45, 7) is 8.16. The SMILES string of the molecule is [C-]#[N+]c1nc(Cc2cc(Nc3cccc(-c4nnn(C)n4)c3OC)c3c(n2)CC(C(F)F)=N3)ccc1NCCCCl. The van der Waals surface area contributed by atoms with Crippen molar-refractivity contribution in [3.05, 3.63) is 64.9 Å². The molecule has 0 saturated carbocycles. The number of hydrogen-bond donors (Lipinski definition) is 2. The Labute approximate surface area is 239 Å². The highest BCUT2D eigenvalue weighted by Gasteiger charge is 2.27. The van der Waals surface area contributed by atoms with Crippen LogP contribution in [0.1, 0.15) is 23.5 Å². The molecule has 4 aromatic rings. The van der Waals surface area contributed by atoms with Crippen LogP contribution < -0.4 is 15.4 Å². The van der Waals surface area contributed by atoms with Gasteiger partial charge in [0.05, 0.1) is 60.3 Å². The van der Waals surface area contributed by atoms with Crippen molar-refractivity contribution in [1.29, 1.82) is 0 Å². The van der Waals surface area contributed by atoms with Crippen molar-refractivity contribution in [3.63, 3.8) is 0 Å². The molecule has 0 spiro atoms. The van der Waals surface area contributed by atoms with E-state index in [1.165, 1.54) is 11.9 Å². The number of nitrogens with zero attached hydrogens (tertiary/aromatic N) is 8. The van der Waals surface area contributed by atoms with Gasteiger partial charge in [0, 0.05) is 18.8 Å². The van der Waals surface area contributed by atoms with Crippen LogP contribution in [0.4, 0.5) is 37.3 Å². The Morgan fingerprint density at radius 1 is 1.15 bits per heavy atom.